The third kappa shape index (κ3) is 4.88. The molecule has 0 N–H and O–H groups in total. The summed E-state index contributed by atoms with van der Waals surface area (Å²) in [7, 11) is -1.57. The van der Waals surface area contributed by atoms with Crippen LogP contribution in [0.3, 0.4) is 0 Å². The molecule has 0 unspecified atom stereocenters. The normalized spacial score (nSPS) is 11.4. The molecule has 0 amide bonds. The first-order chi connectivity index (χ1) is 10.9. The Balaban J connectivity index is 1.95. The number of halogens is 1. The highest BCUT2D eigenvalue weighted by atomic mass is 32.2. The van der Waals surface area contributed by atoms with Crippen LogP contribution >= 0.6 is 0 Å². The molecule has 2 rings (SSSR count). The molecular formula is C17H17FN2O2S. The lowest BCUT2D eigenvalue weighted by atomic mass is 10.2. The lowest BCUT2D eigenvalue weighted by molar-refractivity contribution is 0.346. The quantitative estimate of drug-likeness (QED) is 0.816. The van der Waals surface area contributed by atoms with Crippen LogP contribution in [-0.4, -0.2) is 32.7 Å². The van der Waals surface area contributed by atoms with Gasteiger partial charge in [0, 0.05) is 13.1 Å². The van der Waals surface area contributed by atoms with E-state index in [1.807, 2.05) is 18.0 Å². The van der Waals surface area contributed by atoms with Crippen LogP contribution in [0.2, 0.25) is 0 Å². The van der Waals surface area contributed by atoms with Gasteiger partial charge in [-0.1, -0.05) is 12.1 Å². The molecular weight excluding hydrogens is 315 g/mol. The van der Waals surface area contributed by atoms with Crippen molar-refractivity contribution in [2.75, 3.05) is 19.3 Å². The maximum atomic E-state index is 12.9. The minimum Gasteiger partial charge on any atom is -0.301 e. The Hall–Kier alpha value is -2.23. The summed E-state index contributed by atoms with van der Waals surface area (Å²) in [6.45, 7) is 0.906. The Bertz CT molecular complexity index is 794. The van der Waals surface area contributed by atoms with E-state index in [1.165, 1.54) is 36.4 Å². The zero-order valence-corrected chi connectivity index (χ0v) is 13.6. The SMILES string of the molecule is CN(CCS(=O)(=O)c1ccc(C#N)cc1)Cc1ccc(F)cc1. The van der Waals surface area contributed by atoms with E-state index in [-0.39, 0.29) is 16.5 Å². The molecule has 0 bridgehead atoms. The number of hydrogen-bond acceptors (Lipinski definition) is 4. The second kappa shape index (κ2) is 7.36. The summed E-state index contributed by atoms with van der Waals surface area (Å²) in [6.07, 6.45) is 0. The van der Waals surface area contributed by atoms with E-state index in [9.17, 15) is 12.8 Å². The Morgan fingerprint density at radius 3 is 2.26 bits per heavy atom. The molecule has 0 aliphatic carbocycles. The molecule has 0 heterocycles. The zero-order chi connectivity index (χ0) is 16.9. The van der Waals surface area contributed by atoms with Gasteiger partial charge in [0.15, 0.2) is 9.84 Å². The highest BCUT2D eigenvalue weighted by molar-refractivity contribution is 7.91. The van der Waals surface area contributed by atoms with E-state index in [1.54, 1.807) is 12.1 Å². The molecule has 0 spiro atoms. The van der Waals surface area contributed by atoms with Gasteiger partial charge >= 0.3 is 0 Å². The Labute approximate surface area is 135 Å². The molecule has 2 aromatic rings. The zero-order valence-electron chi connectivity index (χ0n) is 12.7. The number of hydrogen-bond donors (Lipinski definition) is 0. The van der Waals surface area contributed by atoms with E-state index in [2.05, 4.69) is 0 Å². The lowest BCUT2D eigenvalue weighted by Gasteiger charge is -2.16. The largest absolute Gasteiger partial charge is 0.301 e. The van der Waals surface area contributed by atoms with Gasteiger partial charge < -0.3 is 4.90 Å². The third-order valence-electron chi connectivity index (χ3n) is 3.45. The lowest BCUT2D eigenvalue weighted by Crippen LogP contribution is -2.25. The standard InChI is InChI=1S/C17H17FN2O2S/c1-20(13-15-2-6-16(18)7-3-15)10-11-23(21,22)17-8-4-14(12-19)5-9-17/h2-9H,10-11,13H2,1H3. The van der Waals surface area contributed by atoms with Crippen molar-refractivity contribution >= 4 is 9.84 Å². The van der Waals surface area contributed by atoms with E-state index >= 15 is 0 Å². The second-order valence-electron chi connectivity index (χ2n) is 5.32. The van der Waals surface area contributed by atoms with Gasteiger partial charge in [-0.05, 0) is 49.0 Å². The maximum absolute atomic E-state index is 12.9. The first-order valence-corrected chi connectivity index (χ1v) is 8.72. The van der Waals surface area contributed by atoms with Crippen LogP contribution < -0.4 is 0 Å². The van der Waals surface area contributed by atoms with Crippen LogP contribution in [0.15, 0.2) is 53.4 Å². The molecule has 0 saturated carbocycles. The number of rotatable bonds is 6. The van der Waals surface area contributed by atoms with Gasteiger partial charge in [-0.25, -0.2) is 12.8 Å². The van der Waals surface area contributed by atoms with Crippen molar-refractivity contribution in [1.29, 1.82) is 5.26 Å². The van der Waals surface area contributed by atoms with Gasteiger partial charge in [-0.15, -0.1) is 0 Å². The minimum absolute atomic E-state index is 0.0173. The number of nitrogens with zero attached hydrogens (tertiary/aromatic N) is 2. The fourth-order valence-corrected chi connectivity index (χ4v) is 3.45. The van der Waals surface area contributed by atoms with Crippen molar-refractivity contribution in [3.05, 3.63) is 65.5 Å². The predicted molar refractivity (Wildman–Crippen MR) is 85.9 cm³/mol. The van der Waals surface area contributed by atoms with Crippen molar-refractivity contribution < 1.29 is 12.8 Å². The molecule has 0 aliphatic heterocycles. The molecule has 6 heteroatoms. The first-order valence-electron chi connectivity index (χ1n) is 7.06. The van der Waals surface area contributed by atoms with Crippen LogP contribution in [0.4, 0.5) is 4.39 Å². The summed E-state index contributed by atoms with van der Waals surface area (Å²) in [4.78, 5) is 2.08. The minimum atomic E-state index is -3.39. The Morgan fingerprint density at radius 2 is 1.70 bits per heavy atom. The summed E-state index contributed by atoms with van der Waals surface area (Å²) in [6, 6.07) is 14.0. The highest BCUT2D eigenvalue weighted by Gasteiger charge is 2.15. The van der Waals surface area contributed by atoms with E-state index in [4.69, 9.17) is 5.26 Å². The Morgan fingerprint density at radius 1 is 1.09 bits per heavy atom. The first kappa shape index (κ1) is 17.1. The Kier molecular flexibility index (Phi) is 5.48. The molecule has 4 nitrogen and oxygen atoms in total. The van der Waals surface area contributed by atoms with Crippen LogP contribution in [0.25, 0.3) is 0 Å². The fourth-order valence-electron chi connectivity index (χ4n) is 2.11. The van der Waals surface area contributed by atoms with Crippen LogP contribution in [0, 0.1) is 17.1 Å². The van der Waals surface area contributed by atoms with Crippen molar-refractivity contribution in [2.45, 2.75) is 11.4 Å². The number of benzene rings is 2. The third-order valence-corrected chi connectivity index (χ3v) is 5.16. The van der Waals surface area contributed by atoms with Crippen LogP contribution in [0.1, 0.15) is 11.1 Å². The van der Waals surface area contributed by atoms with Crippen molar-refractivity contribution in [3.63, 3.8) is 0 Å². The van der Waals surface area contributed by atoms with E-state index in [0.717, 1.165) is 5.56 Å². The highest BCUT2D eigenvalue weighted by Crippen LogP contribution is 2.13. The summed E-state index contributed by atoms with van der Waals surface area (Å²) in [5.74, 6) is -0.309. The summed E-state index contributed by atoms with van der Waals surface area (Å²) >= 11 is 0. The monoisotopic (exact) mass is 332 g/mol. The number of sulfone groups is 1. The van der Waals surface area contributed by atoms with Gasteiger partial charge in [0.2, 0.25) is 0 Å². The number of nitriles is 1. The van der Waals surface area contributed by atoms with Gasteiger partial charge in [0.25, 0.3) is 0 Å². The average molecular weight is 332 g/mol. The molecule has 0 atom stereocenters. The summed E-state index contributed by atoms with van der Waals surface area (Å²) in [5, 5.41) is 8.74. The summed E-state index contributed by atoms with van der Waals surface area (Å²) < 4.78 is 37.4. The molecule has 0 aliphatic rings. The van der Waals surface area contributed by atoms with Gasteiger partial charge in [0.05, 0.1) is 22.3 Å². The molecule has 120 valence electrons. The average Bonchev–Trinajstić information content (AvgIpc) is 2.55. The summed E-state index contributed by atoms with van der Waals surface area (Å²) in [5.41, 5.74) is 1.35. The molecule has 0 radical (unpaired) electrons. The van der Waals surface area contributed by atoms with Gasteiger partial charge in [-0.3, -0.25) is 0 Å². The second-order valence-corrected chi connectivity index (χ2v) is 7.43. The predicted octanol–water partition coefficient (Wildman–Crippen LogP) is 2.60. The van der Waals surface area contributed by atoms with Gasteiger partial charge in [0.1, 0.15) is 5.82 Å². The topological polar surface area (TPSA) is 61.2 Å². The fraction of sp³-hybridized carbons (Fsp3) is 0.235. The van der Waals surface area contributed by atoms with Crippen molar-refractivity contribution in [2.24, 2.45) is 0 Å². The molecule has 2 aromatic carbocycles. The van der Waals surface area contributed by atoms with E-state index < -0.39 is 9.84 Å². The maximum Gasteiger partial charge on any atom is 0.179 e. The molecule has 0 saturated heterocycles. The smallest absolute Gasteiger partial charge is 0.179 e. The van der Waals surface area contributed by atoms with Crippen LogP contribution in [-0.2, 0) is 16.4 Å². The van der Waals surface area contributed by atoms with Gasteiger partial charge in [-0.2, -0.15) is 5.26 Å². The van der Waals surface area contributed by atoms with E-state index in [0.29, 0.717) is 18.7 Å². The molecule has 23 heavy (non-hydrogen) atoms. The molecule has 0 fully saturated rings. The van der Waals surface area contributed by atoms with Crippen LogP contribution in [0.5, 0.6) is 0 Å². The van der Waals surface area contributed by atoms with Crippen molar-refractivity contribution in [3.8, 4) is 6.07 Å². The molecule has 0 aromatic heterocycles. The van der Waals surface area contributed by atoms with Crippen molar-refractivity contribution in [1.82, 2.24) is 4.90 Å².